The van der Waals surface area contributed by atoms with Crippen LogP contribution in [0.5, 0.6) is 0 Å². The second kappa shape index (κ2) is 10.9. The largest absolute Gasteiger partial charge is 0.395 e. The van der Waals surface area contributed by atoms with E-state index < -0.39 is 0 Å². The summed E-state index contributed by atoms with van der Waals surface area (Å²) in [7, 11) is 0. The van der Waals surface area contributed by atoms with Crippen molar-refractivity contribution in [1.82, 2.24) is 10.6 Å². The van der Waals surface area contributed by atoms with Gasteiger partial charge in [0, 0.05) is 25.7 Å². The van der Waals surface area contributed by atoms with Gasteiger partial charge in [0.05, 0.1) is 6.61 Å². The molecule has 0 aliphatic heterocycles. The molecular formula is C31H46N2O. The molecule has 4 rings (SSSR count). The summed E-state index contributed by atoms with van der Waals surface area (Å²) in [6.45, 7) is 12.8. The van der Waals surface area contributed by atoms with E-state index in [1.165, 1.54) is 43.2 Å². The smallest absolute Gasteiger partial charge is 0.0587 e. The SMILES string of the molecule is CC(C)c1ccc2c(c1)CC[C@H]1[C@](C)(CNCCN[C@H](CO)Cc3ccccc3)CCC[C@]21C. The Balaban J connectivity index is 1.33. The Morgan fingerprint density at radius 3 is 2.56 bits per heavy atom. The molecule has 186 valence electrons. The summed E-state index contributed by atoms with van der Waals surface area (Å²) < 4.78 is 0. The number of aryl methyl sites for hydroxylation is 1. The van der Waals surface area contributed by atoms with E-state index in [1.54, 1.807) is 11.1 Å². The van der Waals surface area contributed by atoms with Gasteiger partial charge >= 0.3 is 0 Å². The van der Waals surface area contributed by atoms with Gasteiger partial charge in [-0.3, -0.25) is 0 Å². The Kier molecular flexibility index (Phi) is 8.17. The highest BCUT2D eigenvalue weighted by molar-refractivity contribution is 5.42. The molecule has 0 bridgehead atoms. The summed E-state index contributed by atoms with van der Waals surface area (Å²) in [4.78, 5) is 0. The highest BCUT2D eigenvalue weighted by atomic mass is 16.3. The van der Waals surface area contributed by atoms with Gasteiger partial charge in [0.1, 0.15) is 0 Å². The number of fused-ring (bicyclic) bond motifs is 3. The lowest BCUT2D eigenvalue weighted by Crippen LogP contribution is -2.53. The second-order valence-electron chi connectivity index (χ2n) is 11.8. The van der Waals surface area contributed by atoms with Gasteiger partial charge in [0.15, 0.2) is 0 Å². The molecule has 3 heteroatoms. The average Bonchev–Trinajstić information content (AvgIpc) is 2.83. The van der Waals surface area contributed by atoms with Crippen molar-refractivity contribution < 1.29 is 5.11 Å². The van der Waals surface area contributed by atoms with Crippen molar-refractivity contribution in [2.75, 3.05) is 26.2 Å². The molecule has 1 saturated carbocycles. The van der Waals surface area contributed by atoms with Crippen LogP contribution >= 0.6 is 0 Å². The van der Waals surface area contributed by atoms with Crippen LogP contribution in [0.2, 0.25) is 0 Å². The fourth-order valence-corrected chi connectivity index (χ4v) is 7.05. The van der Waals surface area contributed by atoms with Crippen molar-refractivity contribution in [3.63, 3.8) is 0 Å². The van der Waals surface area contributed by atoms with E-state index in [9.17, 15) is 5.11 Å². The number of nitrogens with one attached hydrogen (secondary N) is 2. The zero-order valence-electron chi connectivity index (χ0n) is 21.9. The first-order valence-electron chi connectivity index (χ1n) is 13.6. The summed E-state index contributed by atoms with van der Waals surface area (Å²) in [6.07, 6.45) is 7.36. The minimum atomic E-state index is 0.114. The molecule has 34 heavy (non-hydrogen) atoms. The maximum absolute atomic E-state index is 9.79. The lowest BCUT2D eigenvalue weighted by Gasteiger charge is -2.55. The predicted molar refractivity (Wildman–Crippen MR) is 144 cm³/mol. The van der Waals surface area contributed by atoms with Crippen molar-refractivity contribution in [1.29, 1.82) is 0 Å². The summed E-state index contributed by atoms with van der Waals surface area (Å²) in [5.74, 6) is 1.33. The van der Waals surface area contributed by atoms with Crippen LogP contribution in [-0.4, -0.2) is 37.4 Å². The van der Waals surface area contributed by atoms with Gasteiger partial charge in [0.25, 0.3) is 0 Å². The van der Waals surface area contributed by atoms with Gasteiger partial charge in [-0.05, 0) is 77.0 Å². The fourth-order valence-electron chi connectivity index (χ4n) is 7.05. The van der Waals surface area contributed by atoms with E-state index in [2.05, 4.69) is 80.8 Å². The number of hydrogen-bond donors (Lipinski definition) is 3. The number of benzene rings is 2. The molecule has 2 aromatic carbocycles. The highest BCUT2D eigenvalue weighted by Crippen LogP contribution is 2.57. The second-order valence-corrected chi connectivity index (χ2v) is 11.8. The van der Waals surface area contributed by atoms with E-state index in [1.807, 2.05) is 6.07 Å². The van der Waals surface area contributed by atoms with E-state index in [-0.39, 0.29) is 12.6 Å². The standard InChI is InChI=1S/C31H46N2O/c1-23(2)25-11-13-28-26(20-25)12-14-29-30(3,15-8-16-31(28,29)4)22-32-17-18-33-27(21-34)19-24-9-6-5-7-10-24/h5-7,9-11,13,20,23,27,29,32-34H,8,12,14-19,21-22H2,1-4H3/t27-,29-,30-,31+/m0/s1. The molecule has 2 aromatic rings. The van der Waals surface area contributed by atoms with Crippen LogP contribution in [0.25, 0.3) is 0 Å². The van der Waals surface area contributed by atoms with Crippen LogP contribution in [-0.2, 0) is 18.3 Å². The summed E-state index contributed by atoms with van der Waals surface area (Å²) in [5, 5.41) is 17.1. The first-order chi connectivity index (χ1) is 16.4. The molecule has 0 aromatic heterocycles. The molecule has 0 amide bonds. The maximum atomic E-state index is 9.79. The molecular weight excluding hydrogens is 416 g/mol. The minimum Gasteiger partial charge on any atom is -0.395 e. The number of aliphatic hydroxyl groups excluding tert-OH is 1. The third-order valence-corrected chi connectivity index (χ3v) is 8.98. The van der Waals surface area contributed by atoms with Crippen LogP contribution in [0.15, 0.2) is 48.5 Å². The molecule has 2 aliphatic carbocycles. The van der Waals surface area contributed by atoms with E-state index in [0.29, 0.717) is 16.7 Å². The van der Waals surface area contributed by atoms with E-state index in [4.69, 9.17) is 0 Å². The first kappa shape index (κ1) is 25.4. The molecule has 0 saturated heterocycles. The van der Waals surface area contributed by atoms with Crippen LogP contribution in [0, 0.1) is 11.3 Å². The third-order valence-electron chi connectivity index (χ3n) is 8.98. The Labute approximate surface area is 207 Å². The molecule has 0 unspecified atom stereocenters. The van der Waals surface area contributed by atoms with Gasteiger partial charge in [-0.2, -0.15) is 0 Å². The summed E-state index contributed by atoms with van der Waals surface area (Å²) >= 11 is 0. The first-order valence-corrected chi connectivity index (χ1v) is 13.6. The summed E-state index contributed by atoms with van der Waals surface area (Å²) in [5.41, 5.74) is 6.64. The quantitative estimate of drug-likeness (QED) is 0.403. The van der Waals surface area contributed by atoms with Crippen LogP contribution in [0.1, 0.15) is 81.5 Å². The molecule has 4 atom stereocenters. The van der Waals surface area contributed by atoms with Gasteiger partial charge < -0.3 is 15.7 Å². The topological polar surface area (TPSA) is 44.3 Å². The Hall–Kier alpha value is -1.68. The summed E-state index contributed by atoms with van der Waals surface area (Å²) in [6, 6.07) is 17.9. The van der Waals surface area contributed by atoms with Crippen molar-refractivity contribution >= 4 is 0 Å². The molecule has 0 radical (unpaired) electrons. The van der Waals surface area contributed by atoms with E-state index >= 15 is 0 Å². The van der Waals surface area contributed by atoms with Crippen molar-refractivity contribution in [3.8, 4) is 0 Å². The predicted octanol–water partition coefficient (Wildman–Crippen LogP) is 5.60. The van der Waals surface area contributed by atoms with Crippen LogP contribution in [0.3, 0.4) is 0 Å². The zero-order valence-corrected chi connectivity index (χ0v) is 21.9. The molecule has 3 nitrogen and oxygen atoms in total. The Morgan fingerprint density at radius 1 is 1.03 bits per heavy atom. The third kappa shape index (κ3) is 5.42. The normalized spacial score (nSPS) is 27.3. The van der Waals surface area contributed by atoms with Gasteiger partial charge in [-0.15, -0.1) is 0 Å². The number of rotatable bonds is 10. The zero-order chi connectivity index (χ0) is 24.2. The Bertz CT molecular complexity index is 926. The minimum absolute atomic E-state index is 0.114. The van der Waals surface area contributed by atoms with Crippen LogP contribution < -0.4 is 10.6 Å². The average molecular weight is 463 g/mol. The van der Waals surface area contributed by atoms with Crippen molar-refractivity contribution in [3.05, 3.63) is 70.8 Å². The molecule has 0 spiro atoms. The van der Waals surface area contributed by atoms with Gasteiger partial charge in [-0.25, -0.2) is 0 Å². The Morgan fingerprint density at radius 2 is 1.82 bits per heavy atom. The van der Waals surface area contributed by atoms with Crippen molar-refractivity contribution in [2.45, 2.75) is 83.6 Å². The number of aliphatic hydroxyl groups is 1. The lowest BCUT2D eigenvalue weighted by molar-refractivity contribution is 0.0261. The van der Waals surface area contributed by atoms with E-state index in [0.717, 1.165) is 32.0 Å². The highest BCUT2D eigenvalue weighted by Gasteiger charge is 2.51. The molecule has 3 N–H and O–H groups in total. The monoisotopic (exact) mass is 462 g/mol. The lowest BCUT2D eigenvalue weighted by atomic mass is 9.49. The molecule has 1 fully saturated rings. The van der Waals surface area contributed by atoms with Crippen molar-refractivity contribution in [2.24, 2.45) is 11.3 Å². The molecule has 0 heterocycles. The van der Waals surface area contributed by atoms with Gasteiger partial charge in [0.2, 0.25) is 0 Å². The fraction of sp³-hybridized carbons (Fsp3) is 0.613. The number of hydrogen-bond acceptors (Lipinski definition) is 3. The molecule has 2 aliphatic rings. The van der Waals surface area contributed by atoms with Crippen LogP contribution in [0.4, 0.5) is 0 Å². The maximum Gasteiger partial charge on any atom is 0.0587 e. The van der Waals surface area contributed by atoms with Gasteiger partial charge in [-0.1, -0.05) is 82.6 Å².